The average molecular weight is 397 g/mol. The predicted molar refractivity (Wildman–Crippen MR) is 114 cm³/mol. The number of amides is 1. The number of ketones is 1. The van der Waals surface area contributed by atoms with E-state index < -0.39 is 0 Å². The Bertz CT molecular complexity index is 1290. The SMILES string of the molecule is O=C(Nc1ccc(-c2nc3ccccc3n2O)cc1)c1ccc2c(c1)CCCC2=O. The van der Waals surface area contributed by atoms with Crippen LogP contribution in [-0.4, -0.2) is 26.6 Å². The third-order valence-electron chi connectivity index (χ3n) is 5.46. The van der Waals surface area contributed by atoms with Gasteiger partial charge in [0, 0.05) is 28.8 Å². The van der Waals surface area contributed by atoms with E-state index in [0.29, 0.717) is 34.5 Å². The van der Waals surface area contributed by atoms with Gasteiger partial charge in [0.05, 0.1) is 5.52 Å². The fourth-order valence-corrected chi connectivity index (χ4v) is 3.89. The molecule has 0 spiro atoms. The van der Waals surface area contributed by atoms with Crippen LogP contribution in [0.2, 0.25) is 0 Å². The fourth-order valence-electron chi connectivity index (χ4n) is 3.89. The van der Waals surface area contributed by atoms with Gasteiger partial charge in [-0.1, -0.05) is 18.2 Å². The Morgan fingerprint density at radius 1 is 1.00 bits per heavy atom. The molecule has 1 heterocycles. The van der Waals surface area contributed by atoms with Crippen LogP contribution in [0.5, 0.6) is 0 Å². The molecule has 0 aliphatic heterocycles. The molecule has 3 aromatic carbocycles. The highest BCUT2D eigenvalue weighted by molar-refractivity contribution is 6.06. The highest BCUT2D eigenvalue weighted by atomic mass is 16.5. The molecule has 0 saturated carbocycles. The number of Topliss-reactive ketones (excluding diaryl/α,β-unsaturated/α-hetero) is 1. The van der Waals surface area contributed by atoms with Crippen molar-refractivity contribution in [1.29, 1.82) is 0 Å². The number of hydrogen-bond donors (Lipinski definition) is 2. The molecule has 1 aliphatic rings. The first-order valence-electron chi connectivity index (χ1n) is 9.85. The number of fused-ring (bicyclic) bond motifs is 2. The number of hydrogen-bond acceptors (Lipinski definition) is 4. The predicted octanol–water partition coefficient (Wildman–Crippen LogP) is 4.71. The van der Waals surface area contributed by atoms with Gasteiger partial charge in [-0.25, -0.2) is 4.98 Å². The maximum Gasteiger partial charge on any atom is 0.255 e. The third-order valence-corrected chi connectivity index (χ3v) is 5.46. The van der Waals surface area contributed by atoms with Gasteiger partial charge in [0.15, 0.2) is 11.6 Å². The van der Waals surface area contributed by atoms with Gasteiger partial charge in [0.2, 0.25) is 0 Å². The number of rotatable bonds is 3. The van der Waals surface area contributed by atoms with E-state index >= 15 is 0 Å². The van der Waals surface area contributed by atoms with Crippen LogP contribution in [0.15, 0.2) is 66.7 Å². The molecule has 30 heavy (non-hydrogen) atoms. The number of aromatic nitrogens is 2. The summed E-state index contributed by atoms with van der Waals surface area (Å²) in [6, 6.07) is 19.8. The van der Waals surface area contributed by atoms with Crippen LogP contribution in [0.1, 0.15) is 39.1 Å². The zero-order chi connectivity index (χ0) is 20.7. The molecular formula is C24H19N3O3. The third kappa shape index (κ3) is 3.12. The van der Waals surface area contributed by atoms with Gasteiger partial charge in [-0.15, -0.1) is 0 Å². The van der Waals surface area contributed by atoms with E-state index in [1.165, 1.54) is 0 Å². The van der Waals surface area contributed by atoms with Crippen LogP contribution >= 0.6 is 0 Å². The highest BCUT2D eigenvalue weighted by Gasteiger charge is 2.19. The van der Waals surface area contributed by atoms with Crippen molar-refractivity contribution in [2.45, 2.75) is 19.3 Å². The summed E-state index contributed by atoms with van der Waals surface area (Å²) in [6.45, 7) is 0. The maximum atomic E-state index is 12.7. The molecule has 1 aromatic heterocycles. The Balaban J connectivity index is 1.36. The highest BCUT2D eigenvalue weighted by Crippen LogP contribution is 2.26. The second-order valence-electron chi connectivity index (χ2n) is 7.42. The maximum absolute atomic E-state index is 12.7. The monoisotopic (exact) mass is 397 g/mol. The summed E-state index contributed by atoms with van der Waals surface area (Å²) in [4.78, 5) is 29.1. The molecule has 0 bridgehead atoms. The number of carbonyl (C=O) groups is 2. The summed E-state index contributed by atoms with van der Waals surface area (Å²) < 4.78 is 1.07. The van der Waals surface area contributed by atoms with Crippen LogP contribution in [0.3, 0.4) is 0 Å². The van der Waals surface area contributed by atoms with E-state index in [9.17, 15) is 14.8 Å². The van der Waals surface area contributed by atoms with E-state index in [-0.39, 0.29) is 11.7 Å². The van der Waals surface area contributed by atoms with Crippen molar-refractivity contribution in [2.75, 3.05) is 5.32 Å². The van der Waals surface area contributed by atoms with E-state index in [4.69, 9.17) is 0 Å². The van der Waals surface area contributed by atoms with Crippen LogP contribution in [-0.2, 0) is 6.42 Å². The smallest absolute Gasteiger partial charge is 0.255 e. The first kappa shape index (κ1) is 18.1. The van der Waals surface area contributed by atoms with Gasteiger partial charge >= 0.3 is 0 Å². The van der Waals surface area contributed by atoms with Crippen molar-refractivity contribution >= 4 is 28.4 Å². The quantitative estimate of drug-likeness (QED) is 0.490. The summed E-state index contributed by atoms with van der Waals surface area (Å²) in [6.07, 6.45) is 2.22. The molecule has 4 aromatic rings. The molecule has 5 rings (SSSR count). The minimum atomic E-state index is -0.224. The Kier molecular flexibility index (Phi) is 4.32. The lowest BCUT2D eigenvalue weighted by Gasteiger charge is -2.15. The van der Waals surface area contributed by atoms with Gasteiger partial charge in [-0.3, -0.25) is 9.59 Å². The first-order chi connectivity index (χ1) is 14.6. The molecule has 148 valence electrons. The molecule has 1 aliphatic carbocycles. The molecule has 0 fully saturated rings. The zero-order valence-electron chi connectivity index (χ0n) is 16.1. The van der Waals surface area contributed by atoms with Gasteiger partial charge < -0.3 is 10.5 Å². The minimum absolute atomic E-state index is 0.147. The molecule has 6 heteroatoms. The van der Waals surface area contributed by atoms with E-state index in [1.807, 2.05) is 24.3 Å². The van der Waals surface area contributed by atoms with Crippen molar-refractivity contribution in [3.05, 3.63) is 83.4 Å². The Hall–Kier alpha value is -3.93. The Labute approximate surface area is 172 Å². The van der Waals surface area contributed by atoms with Crippen molar-refractivity contribution in [3.63, 3.8) is 0 Å². The second-order valence-corrected chi connectivity index (χ2v) is 7.42. The summed E-state index contributed by atoms with van der Waals surface area (Å²) >= 11 is 0. The van der Waals surface area contributed by atoms with E-state index in [2.05, 4.69) is 10.3 Å². The molecule has 6 nitrogen and oxygen atoms in total. The normalized spacial score (nSPS) is 13.3. The number of para-hydroxylation sites is 2. The molecule has 0 saturated heterocycles. The topological polar surface area (TPSA) is 84.2 Å². The van der Waals surface area contributed by atoms with E-state index in [1.54, 1.807) is 42.5 Å². The average Bonchev–Trinajstić information content (AvgIpc) is 3.11. The number of carbonyl (C=O) groups excluding carboxylic acids is 2. The van der Waals surface area contributed by atoms with Crippen LogP contribution in [0.4, 0.5) is 5.69 Å². The summed E-state index contributed by atoms with van der Waals surface area (Å²) in [5, 5.41) is 13.3. The van der Waals surface area contributed by atoms with Gasteiger partial charge in [0.1, 0.15) is 5.52 Å². The number of imidazole rings is 1. The number of benzene rings is 3. The molecular weight excluding hydrogens is 378 g/mol. The van der Waals surface area contributed by atoms with Crippen molar-refractivity contribution < 1.29 is 14.8 Å². The second kappa shape index (κ2) is 7.15. The minimum Gasteiger partial charge on any atom is -0.426 e. The molecule has 0 radical (unpaired) electrons. The number of anilines is 1. The number of aryl methyl sites for hydroxylation is 1. The lowest BCUT2D eigenvalue weighted by molar-refractivity contribution is 0.0969. The largest absolute Gasteiger partial charge is 0.426 e. The number of nitrogens with zero attached hydrogens (tertiary/aromatic N) is 2. The fraction of sp³-hybridized carbons (Fsp3) is 0.125. The number of nitrogens with one attached hydrogen (secondary N) is 1. The van der Waals surface area contributed by atoms with Crippen LogP contribution in [0, 0.1) is 0 Å². The van der Waals surface area contributed by atoms with Crippen LogP contribution in [0.25, 0.3) is 22.4 Å². The molecule has 1 amide bonds. The standard InChI is InChI=1S/C24H19N3O3/c28-22-7-3-4-16-14-17(10-13-19(16)22)24(29)25-18-11-8-15(9-12-18)23-26-20-5-1-2-6-21(20)27(23)30/h1-2,5-6,8-14,30H,3-4,7H2,(H,25,29). The Morgan fingerprint density at radius 3 is 2.60 bits per heavy atom. The molecule has 2 N–H and O–H groups in total. The molecule has 0 atom stereocenters. The lowest BCUT2D eigenvalue weighted by Crippen LogP contribution is -2.15. The summed E-state index contributed by atoms with van der Waals surface area (Å²) in [5.74, 6) is 0.361. The van der Waals surface area contributed by atoms with Gasteiger partial charge in [-0.2, -0.15) is 4.73 Å². The first-order valence-corrected chi connectivity index (χ1v) is 9.85. The van der Waals surface area contributed by atoms with Crippen molar-refractivity contribution in [1.82, 2.24) is 9.71 Å². The van der Waals surface area contributed by atoms with Gasteiger partial charge in [-0.05, 0) is 66.9 Å². The van der Waals surface area contributed by atoms with Gasteiger partial charge in [0.25, 0.3) is 5.91 Å². The Morgan fingerprint density at radius 2 is 1.80 bits per heavy atom. The zero-order valence-corrected chi connectivity index (χ0v) is 16.1. The molecule has 0 unspecified atom stereocenters. The van der Waals surface area contributed by atoms with Crippen molar-refractivity contribution in [3.8, 4) is 11.4 Å². The summed E-state index contributed by atoms with van der Waals surface area (Å²) in [7, 11) is 0. The van der Waals surface area contributed by atoms with E-state index in [0.717, 1.165) is 34.3 Å². The lowest BCUT2D eigenvalue weighted by atomic mass is 9.89. The van der Waals surface area contributed by atoms with Crippen LogP contribution < -0.4 is 5.32 Å². The van der Waals surface area contributed by atoms with Crippen molar-refractivity contribution in [2.24, 2.45) is 0 Å². The summed E-state index contributed by atoms with van der Waals surface area (Å²) in [5.41, 5.74) is 4.92.